The molecule has 0 N–H and O–H groups in total. The molecule has 0 saturated carbocycles. The first-order valence-electron chi connectivity index (χ1n) is 5.97. The maximum atomic E-state index is 11.3. The van der Waals surface area contributed by atoms with Gasteiger partial charge >= 0.3 is 0 Å². The Kier molecular flexibility index (Phi) is 4.81. The molecule has 0 aliphatic carbocycles. The standard InChI is InChI=1S/C14H13BrClNO3S/c1-17(2)10-4-3-5-11(8-10)20-14-7-6-12(9-13(14)15)21(16,18)19/h3-9H,1-2H3. The molecule has 0 heterocycles. The Labute approximate surface area is 136 Å². The van der Waals surface area contributed by atoms with Gasteiger partial charge in [-0.25, -0.2) is 8.42 Å². The minimum atomic E-state index is -3.75. The Hall–Kier alpha value is -1.24. The van der Waals surface area contributed by atoms with Crippen LogP contribution in [0.2, 0.25) is 0 Å². The van der Waals surface area contributed by atoms with Gasteiger partial charge in [-0.1, -0.05) is 6.07 Å². The molecule has 0 aliphatic heterocycles. The first-order chi connectivity index (χ1) is 9.77. The zero-order valence-corrected chi connectivity index (χ0v) is 14.5. The van der Waals surface area contributed by atoms with Crippen LogP contribution in [0.4, 0.5) is 5.69 Å². The van der Waals surface area contributed by atoms with Crippen LogP contribution in [0.5, 0.6) is 11.5 Å². The van der Waals surface area contributed by atoms with Crippen molar-refractivity contribution in [3.8, 4) is 11.5 Å². The van der Waals surface area contributed by atoms with Crippen LogP contribution in [0.25, 0.3) is 0 Å². The summed E-state index contributed by atoms with van der Waals surface area (Å²) in [7, 11) is 5.43. The summed E-state index contributed by atoms with van der Waals surface area (Å²) < 4.78 is 28.8. The van der Waals surface area contributed by atoms with E-state index in [9.17, 15) is 8.42 Å². The highest BCUT2D eigenvalue weighted by molar-refractivity contribution is 9.10. The van der Waals surface area contributed by atoms with Crippen molar-refractivity contribution in [1.82, 2.24) is 0 Å². The fourth-order valence-corrected chi connectivity index (χ4v) is 3.06. The molecule has 0 unspecified atom stereocenters. The van der Waals surface area contributed by atoms with Gasteiger partial charge in [0.15, 0.2) is 0 Å². The molecule has 2 rings (SSSR count). The molecule has 112 valence electrons. The third-order valence-electron chi connectivity index (χ3n) is 2.75. The fourth-order valence-electron chi connectivity index (χ4n) is 1.67. The van der Waals surface area contributed by atoms with Crippen LogP contribution in [0.3, 0.4) is 0 Å². The van der Waals surface area contributed by atoms with Crippen LogP contribution >= 0.6 is 26.6 Å². The van der Waals surface area contributed by atoms with Crippen LogP contribution in [-0.2, 0) is 9.05 Å². The number of anilines is 1. The summed E-state index contributed by atoms with van der Waals surface area (Å²) in [6.07, 6.45) is 0. The number of nitrogens with zero attached hydrogens (tertiary/aromatic N) is 1. The van der Waals surface area contributed by atoms with Crippen LogP contribution in [0, 0.1) is 0 Å². The summed E-state index contributed by atoms with van der Waals surface area (Å²) in [6.45, 7) is 0. The van der Waals surface area contributed by atoms with Gasteiger partial charge in [0.1, 0.15) is 11.5 Å². The van der Waals surface area contributed by atoms with Crippen LogP contribution in [-0.4, -0.2) is 22.5 Å². The van der Waals surface area contributed by atoms with Crippen molar-refractivity contribution in [3.05, 3.63) is 46.9 Å². The molecule has 2 aromatic rings. The van der Waals surface area contributed by atoms with Crippen molar-refractivity contribution in [2.24, 2.45) is 0 Å². The lowest BCUT2D eigenvalue weighted by Crippen LogP contribution is -2.08. The Morgan fingerprint density at radius 2 is 1.86 bits per heavy atom. The van der Waals surface area contributed by atoms with Gasteiger partial charge < -0.3 is 9.64 Å². The molecule has 0 radical (unpaired) electrons. The second-order valence-corrected chi connectivity index (χ2v) is 7.94. The quantitative estimate of drug-likeness (QED) is 0.733. The fraction of sp³-hybridized carbons (Fsp3) is 0.143. The van der Waals surface area contributed by atoms with E-state index in [0.29, 0.717) is 16.0 Å². The van der Waals surface area contributed by atoms with E-state index < -0.39 is 9.05 Å². The summed E-state index contributed by atoms with van der Waals surface area (Å²) in [4.78, 5) is 1.98. The maximum absolute atomic E-state index is 11.3. The van der Waals surface area contributed by atoms with Gasteiger partial charge in [0.2, 0.25) is 0 Å². The van der Waals surface area contributed by atoms with Gasteiger partial charge in [-0.15, -0.1) is 0 Å². The van der Waals surface area contributed by atoms with Crippen molar-refractivity contribution in [1.29, 1.82) is 0 Å². The molecule has 0 fully saturated rings. The van der Waals surface area contributed by atoms with E-state index in [-0.39, 0.29) is 4.90 Å². The zero-order chi connectivity index (χ0) is 15.6. The molecule has 0 bridgehead atoms. The summed E-state index contributed by atoms with van der Waals surface area (Å²) in [6, 6.07) is 11.9. The largest absolute Gasteiger partial charge is 0.456 e. The van der Waals surface area contributed by atoms with E-state index >= 15 is 0 Å². The molecular formula is C14H13BrClNO3S. The van der Waals surface area contributed by atoms with E-state index in [0.717, 1.165) is 5.69 Å². The normalized spacial score (nSPS) is 11.2. The number of rotatable bonds is 4. The van der Waals surface area contributed by atoms with Gasteiger partial charge in [-0.2, -0.15) is 0 Å². The number of ether oxygens (including phenoxy) is 1. The van der Waals surface area contributed by atoms with Crippen molar-refractivity contribution in [2.45, 2.75) is 4.90 Å². The molecule has 0 saturated heterocycles. The Morgan fingerprint density at radius 3 is 2.43 bits per heavy atom. The lowest BCUT2D eigenvalue weighted by atomic mass is 10.3. The molecular weight excluding hydrogens is 378 g/mol. The highest BCUT2D eigenvalue weighted by Gasteiger charge is 2.13. The second kappa shape index (κ2) is 6.25. The molecule has 2 aromatic carbocycles. The van der Waals surface area contributed by atoms with Gasteiger partial charge in [0.25, 0.3) is 9.05 Å². The Balaban J connectivity index is 2.30. The van der Waals surface area contributed by atoms with Crippen molar-refractivity contribution < 1.29 is 13.2 Å². The Morgan fingerprint density at radius 1 is 1.14 bits per heavy atom. The number of hydrogen-bond acceptors (Lipinski definition) is 4. The average molecular weight is 391 g/mol. The van der Waals surface area contributed by atoms with Gasteiger partial charge in [-0.3, -0.25) is 0 Å². The zero-order valence-electron chi connectivity index (χ0n) is 11.4. The SMILES string of the molecule is CN(C)c1cccc(Oc2ccc(S(=O)(=O)Cl)cc2Br)c1. The average Bonchev–Trinajstić information content (AvgIpc) is 2.40. The maximum Gasteiger partial charge on any atom is 0.261 e. The number of halogens is 2. The van der Waals surface area contributed by atoms with E-state index in [2.05, 4.69) is 15.9 Å². The van der Waals surface area contributed by atoms with Crippen LogP contribution < -0.4 is 9.64 Å². The predicted octanol–water partition coefficient (Wildman–Crippen LogP) is 4.23. The van der Waals surface area contributed by atoms with Crippen molar-refractivity contribution >= 4 is 41.4 Å². The molecule has 4 nitrogen and oxygen atoms in total. The molecule has 0 aliphatic rings. The second-order valence-electron chi connectivity index (χ2n) is 4.52. The highest BCUT2D eigenvalue weighted by Crippen LogP contribution is 2.33. The summed E-state index contributed by atoms with van der Waals surface area (Å²) >= 11 is 3.29. The van der Waals surface area contributed by atoms with Gasteiger partial charge in [-0.05, 0) is 46.3 Å². The minimum absolute atomic E-state index is 0.0189. The van der Waals surface area contributed by atoms with Crippen LogP contribution in [0.1, 0.15) is 0 Å². The topological polar surface area (TPSA) is 46.6 Å². The molecule has 21 heavy (non-hydrogen) atoms. The van der Waals surface area contributed by atoms with Crippen molar-refractivity contribution in [3.63, 3.8) is 0 Å². The summed E-state index contributed by atoms with van der Waals surface area (Å²) in [5.74, 6) is 1.17. The molecule has 7 heteroatoms. The summed E-state index contributed by atoms with van der Waals surface area (Å²) in [5.41, 5.74) is 1.00. The third kappa shape index (κ3) is 4.12. The molecule has 0 aromatic heterocycles. The van der Waals surface area contributed by atoms with E-state index in [1.165, 1.54) is 12.1 Å². The van der Waals surface area contributed by atoms with Crippen LogP contribution in [0.15, 0.2) is 51.8 Å². The minimum Gasteiger partial charge on any atom is -0.456 e. The van der Waals surface area contributed by atoms with E-state index in [4.69, 9.17) is 15.4 Å². The highest BCUT2D eigenvalue weighted by atomic mass is 79.9. The van der Waals surface area contributed by atoms with Crippen molar-refractivity contribution in [2.75, 3.05) is 19.0 Å². The lowest BCUT2D eigenvalue weighted by Gasteiger charge is -2.14. The van der Waals surface area contributed by atoms with Gasteiger partial charge in [0, 0.05) is 36.5 Å². The lowest BCUT2D eigenvalue weighted by molar-refractivity contribution is 0.479. The van der Waals surface area contributed by atoms with E-state index in [1.54, 1.807) is 6.07 Å². The summed E-state index contributed by atoms with van der Waals surface area (Å²) in [5, 5.41) is 0. The monoisotopic (exact) mass is 389 g/mol. The Bertz CT molecular complexity index is 763. The molecule has 0 atom stereocenters. The van der Waals surface area contributed by atoms with E-state index in [1.807, 2.05) is 43.3 Å². The third-order valence-corrected chi connectivity index (χ3v) is 4.72. The number of benzene rings is 2. The molecule has 0 spiro atoms. The molecule has 0 amide bonds. The first-order valence-corrected chi connectivity index (χ1v) is 9.07. The number of hydrogen-bond donors (Lipinski definition) is 0. The first kappa shape index (κ1) is 16.1. The smallest absolute Gasteiger partial charge is 0.261 e. The van der Waals surface area contributed by atoms with Gasteiger partial charge in [0.05, 0.1) is 9.37 Å². The predicted molar refractivity (Wildman–Crippen MR) is 88.0 cm³/mol.